The Bertz CT molecular complexity index is 131. The standard InChI is InChI=1S/C6H7BrO/c1-2-3-4-6(7)5-8/h3-4H,2H2,1H3/b4-3+. The smallest absolute Gasteiger partial charge is 0.139 e. The predicted octanol–water partition coefficient (Wildman–Crippen LogP) is 2.06. The summed E-state index contributed by atoms with van der Waals surface area (Å²) in [6.45, 7) is 2.00. The first kappa shape index (κ1) is 7.67. The van der Waals surface area contributed by atoms with Crippen molar-refractivity contribution >= 4 is 21.9 Å². The lowest BCUT2D eigenvalue weighted by Crippen LogP contribution is -1.60. The first-order valence-corrected chi connectivity index (χ1v) is 3.17. The Morgan fingerprint density at radius 2 is 2.50 bits per heavy atom. The lowest BCUT2D eigenvalue weighted by Gasteiger charge is -1.75. The zero-order valence-corrected chi connectivity index (χ0v) is 6.23. The Hall–Kier alpha value is -0.330. The molecule has 0 fully saturated rings. The van der Waals surface area contributed by atoms with Crippen molar-refractivity contribution in [2.24, 2.45) is 0 Å². The third kappa shape index (κ3) is 3.85. The van der Waals surface area contributed by atoms with Gasteiger partial charge in [-0.25, -0.2) is 4.79 Å². The van der Waals surface area contributed by atoms with E-state index in [-0.39, 0.29) is 0 Å². The summed E-state index contributed by atoms with van der Waals surface area (Å²) in [6.07, 6.45) is 4.51. The van der Waals surface area contributed by atoms with Crippen molar-refractivity contribution < 1.29 is 4.79 Å². The van der Waals surface area contributed by atoms with E-state index in [1.165, 1.54) is 0 Å². The maximum absolute atomic E-state index is 9.75. The summed E-state index contributed by atoms with van der Waals surface area (Å²) in [7, 11) is 0. The molecule has 0 aliphatic rings. The van der Waals surface area contributed by atoms with Crippen LogP contribution in [0, 0.1) is 0 Å². The summed E-state index contributed by atoms with van der Waals surface area (Å²) >= 11 is 2.98. The molecule has 0 atom stereocenters. The van der Waals surface area contributed by atoms with E-state index in [0.29, 0.717) is 4.48 Å². The van der Waals surface area contributed by atoms with Gasteiger partial charge in [-0.05, 0) is 28.4 Å². The minimum atomic E-state index is 0.472. The Labute approximate surface area is 57.2 Å². The van der Waals surface area contributed by atoms with Gasteiger partial charge in [0, 0.05) is 0 Å². The summed E-state index contributed by atoms with van der Waals surface area (Å²) in [5.41, 5.74) is 0. The van der Waals surface area contributed by atoms with Crippen LogP contribution in [0.15, 0.2) is 16.6 Å². The van der Waals surface area contributed by atoms with Gasteiger partial charge in [0.15, 0.2) is 0 Å². The molecule has 0 aliphatic carbocycles. The molecule has 44 valence electrons. The topological polar surface area (TPSA) is 17.1 Å². The molecule has 0 aromatic rings. The molecule has 0 radical (unpaired) electrons. The highest BCUT2D eigenvalue weighted by atomic mass is 79.9. The average molecular weight is 175 g/mol. The van der Waals surface area contributed by atoms with Gasteiger partial charge in [0.1, 0.15) is 10.4 Å². The summed E-state index contributed by atoms with van der Waals surface area (Å²) in [4.78, 5) is 9.75. The summed E-state index contributed by atoms with van der Waals surface area (Å²) in [5, 5.41) is 0. The lowest BCUT2D eigenvalue weighted by molar-refractivity contribution is 0.568. The summed E-state index contributed by atoms with van der Waals surface area (Å²) in [5.74, 6) is 1.70. The van der Waals surface area contributed by atoms with E-state index < -0.39 is 0 Å². The van der Waals surface area contributed by atoms with Crippen molar-refractivity contribution in [3.8, 4) is 0 Å². The Balaban J connectivity index is 3.71. The van der Waals surface area contributed by atoms with E-state index in [1.807, 2.05) is 13.0 Å². The highest BCUT2D eigenvalue weighted by Crippen LogP contribution is 2.00. The van der Waals surface area contributed by atoms with Gasteiger partial charge in [0.2, 0.25) is 0 Å². The Kier molecular flexibility index (Phi) is 4.62. The minimum Gasteiger partial charge on any atom is -0.232 e. The number of hydrogen-bond donors (Lipinski definition) is 0. The minimum absolute atomic E-state index is 0.472. The van der Waals surface area contributed by atoms with Gasteiger partial charge in [-0.2, -0.15) is 0 Å². The molecule has 0 aromatic carbocycles. The fourth-order valence-electron chi connectivity index (χ4n) is 0.255. The molecule has 0 heterocycles. The highest BCUT2D eigenvalue weighted by Gasteiger charge is 1.77. The quantitative estimate of drug-likeness (QED) is 0.463. The molecule has 0 spiro atoms. The fourth-order valence-corrected chi connectivity index (χ4v) is 0.442. The third-order valence-corrected chi connectivity index (χ3v) is 1.02. The molecule has 1 nitrogen and oxygen atoms in total. The molecule has 0 bridgehead atoms. The summed E-state index contributed by atoms with van der Waals surface area (Å²) < 4.78 is 0.472. The van der Waals surface area contributed by atoms with Crippen molar-refractivity contribution in [2.45, 2.75) is 13.3 Å². The number of rotatable bonds is 2. The maximum atomic E-state index is 9.75. The number of allylic oxidation sites excluding steroid dienone is 3. The second-order valence-corrected chi connectivity index (χ2v) is 2.11. The number of hydrogen-bond acceptors (Lipinski definition) is 1. The molecule has 8 heavy (non-hydrogen) atoms. The SMILES string of the molecule is CC/C=C/C(Br)=C=O. The van der Waals surface area contributed by atoms with Crippen LogP contribution in [0.5, 0.6) is 0 Å². The molecule has 0 rings (SSSR count). The van der Waals surface area contributed by atoms with E-state index in [1.54, 1.807) is 12.0 Å². The molecule has 0 aromatic heterocycles. The van der Waals surface area contributed by atoms with Crippen molar-refractivity contribution in [3.05, 3.63) is 16.6 Å². The number of halogens is 1. The fraction of sp³-hybridized carbons (Fsp3) is 0.333. The molecule has 2 heteroatoms. The van der Waals surface area contributed by atoms with Crippen LogP contribution in [0.1, 0.15) is 13.3 Å². The zero-order chi connectivity index (χ0) is 6.41. The van der Waals surface area contributed by atoms with Gasteiger partial charge in [0.25, 0.3) is 0 Å². The van der Waals surface area contributed by atoms with Gasteiger partial charge in [-0.3, -0.25) is 0 Å². The normalized spacial score (nSPS) is 9.25. The van der Waals surface area contributed by atoms with E-state index in [9.17, 15) is 4.79 Å². The Morgan fingerprint density at radius 3 is 2.88 bits per heavy atom. The second-order valence-electron chi connectivity index (χ2n) is 1.26. The van der Waals surface area contributed by atoms with Crippen LogP contribution in [0.3, 0.4) is 0 Å². The van der Waals surface area contributed by atoms with E-state index in [4.69, 9.17) is 0 Å². The van der Waals surface area contributed by atoms with Crippen molar-refractivity contribution in [3.63, 3.8) is 0 Å². The Morgan fingerprint density at radius 1 is 1.88 bits per heavy atom. The van der Waals surface area contributed by atoms with Crippen LogP contribution in [0.2, 0.25) is 0 Å². The summed E-state index contributed by atoms with van der Waals surface area (Å²) in [6, 6.07) is 0. The van der Waals surface area contributed by atoms with Crippen molar-refractivity contribution in [2.75, 3.05) is 0 Å². The molecule has 0 aliphatic heterocycles. The zero-order valence-electron chi connectivity index (χ0n) is 4.65. The first-order chi connectivity index (χ1) is 3.81. The van der Waals surface area contributed by atoms with Gasteiger partial charge >= 0.3 is 0 Å². The van der Waals surface area contributed by atoms with Crippen LogP contribution in [-0.2, 0) is 4.79 Å². The van der Waals surface area contributed by atoms with E-state index >= 15 is 0 Å². The highest BCUT2D eigenvalue weighted by molar-refractivity contribution is 9.12. The molecule has 0 N–H and O–H groups in total. The molecular formula is C6H7BrO. The van der Waals surface area contributed by atoms with Crippen molar-refractivity contribution in [1.29, 1.82) is 0 Å². The maximum Gasteiger partial charge on any atom is 0.139 e. The monoisotopic (exact) mass is 174 g/mol. The van der Waals surface area contributed by atoms with Gasteiger partial charge < -0.3 is 0 Å². The average Bonchev–Trinajstić information content (AvgIpc) is 1.83. The predicted molar refractivity (Wildman–Crippen MR) is 37.6 cm³/mol. The van der Waals surface area contributed by atoms with Crippen LogP contribution < -0.4 is 0 Å². The third-order valence-electron chi connectivity index (χ3n) is 0.597. The van der Waals surface area contributed by atoms with Gasteiger partial charge in [-0.1, -0.05) is 13.0 Å². The largest absolute Gasteiger partial charge is 0.232 e. The molecule has 0 saturated heterocycles. The first-order valence-electron chi connectivity index (χ1n) is 2.38. The van der Waals surface area contributed by atoms with Crippen LogP contribution in [-0.4, -0.2) is 5.94 Å². The van der Waals surface area contributed by atoms with E-state index in [2.05, 4.69) is 15.9 Å². The van der Waals surface area contributed by atoms with E-state index in [0.717, 1.165) is 6.42 Å². The van der Waals surface area contributed by atoms with Crippen LogP contribution >= 0.6 is 15.9 Å². The molecular weight excluding hydrogens is 168 g/mol. The van der Waals surface area contributed by atoms with Crippen molar-refractivity contribution in [1.82, 2.24) is 0 Å². The lowest BCUT2D eigenvalue weighted by atomic mass is 10.4. The van der Waals surface area contributed by atoms with Gasteiger partial charge in [-0.15, -0.1) is 0 Å². The van der Waals surface area contributed by atoms with Crippen LogP contribution in [0.4, 0.5) is 0 Å². The number of carbonyl (C=O) groups excluding carboxylic acids is 1. The van der Waals surface area contributed by atoms with Gasteiger partial charge in [0.05, 0.1) is 0 Å². The molecule has 0 unspecified atom stereocenters. The van der Waals surface area contributed by atoms with Crippen LogP contribution in [0.25, 0.3) is 0 Å². The molecule has 0 amide bonds. The second kappa shape index (κ2) is 4.82. The molecule has 0 saturated carbocycles.